The highest BCUT2D eigenvalue weighted by Crippen LogP contribution is 2.33. The number of aromatic nitrogens is 1. The Labute approximate surface area is 169 Å². The minimum atomic E-state index is 0.158. The van der Waals surface area contributed by atoms with E-state index in [4.69, 9.17) is 9.26 Å². The Morgan fingerprint density at radius 1 is 1.21 bits per heavy atom. The van der Waals surface area contributed by atoms with Crippen LogP contribution in [0.25, 0.3) is 11.0 Å². The summed E-state index contributed by atoms with van der Waals surface area (Å²) in [4.78, 5) is 13.6. The molecule has 1 heterocycles. The van der Waals surface area contributed by atoms with Crippen molar-refractivity contribution in [2.45, 2.75) is 73.1 Å². The van der Waals surface area contributed by atoms with Crippen molar-refractivity contribution in [2.24, 2.45) is 5.41 Å². The zero-order chi connectivity index (χ0) is 20.7. The molecule has 1 amide bonds. The summed E-state index contributed by atoms with van der Waals surface area (Å²) in [5.41, 5.74) is 3.13. The third-order valence-corrected chi connectivity index (χ3v) is 4.76. The number of ether oxygens (including phenoxy) is 1. The van der Waals surface area contributed by atoms with Crippen LogP contribution in [0.15, 0.2) is 16.7 Å². The first-order valence-corrected chi connectivity index (χ1v) is 10.5. The maximum absolute atomic E-state index is 11.9. The number of hydrogen-bond acceptors (Lipinski definition) is 4. The number of amides is 1. The first kappa shape index (κ1) is 22.3. The van der Waals surface area contributed by atoms with Gasteiger partial charge in [0.05, 0.1) is 12.3 Å². The third-order valence-electron chi connectivity index (χ3n) is 4.76. The van der Waals surface area contributed by atoms with Crippen molar-refractivity contribution >= 4 is 16.9 Å². The molecule has 2 rings (SSSR count). The van der Waals surface area contributed by atoms with E-state index in [1.807, 2.05) is 20.0 Å². The summed E-state index contributed by atoms with van der Waals surface area (Å²) in [7, 11) is 1.86. The van der Waals surface area contributed by atoms with E-state index >= 15 is 0 Å². The molecule has 0 aliphatic heterocycles. The fourth-order valence-corrected chi connectivity index (χ4v) is 3.36. The van der Waals surface area contributed by atoms with Crippen molar-refractivity contribution < 1.29 is 14.1 Å². The Balaban J connectivity index is 2.08. The average Bonchev–Trinajstić information content (AvgIpc) is 3.01. The molecule has 0 aliphatic rings. The van der Waals surface area contributed by atoms with Gasteiger partial charge in [0.2, 0.25) is 5.91 Å². The van der Waals surface area contributed by atoms with Gasteiger partial charge in [-0.15, -0.1) is 0 Å². The monoisotopic (exact) mass is 388 g/mol. The fourth-order valence-electron chi connectivity index (χ4n) is 3.36. The van der Waals surface area contributed by atoms with Gasteiger partial charge in [0.25, 0.3) is 0 Å². The van der Waals surface area contributed by atoms with Crippen LogP contribution >= 0.6 is 0 Å². The Kier molecular flexibility index (Phi) is 7.90. The highest BCUT2D eigenvalue weighted by atomic mass is 16.5. The lowest BCUT2D eigenvalue weighted by molar-refractivity contribution is -0.130. The van der Waals surface area contributed by atoms with Crippen LogP contribution < -0.4 is 4.74 Å². The maximum Gasteiger partial charge on any atom is 0.222 e. The summed E-state index contributed by atoms with van der Waals surface area (Å²) in [5.74, 6) is 1.07. The zero-order valence-corrected chi connectivity index (χ0v) is 18.4. The predicted octanol–water partition coefficient (Wildman–Crippen LogP) is 5.40. The molecule has 0 fully saturated rings. The molecule has 0 atom stereocenters. The normalized spacial score (nSPS) is 11.8. The van der Waals surface area contributed by atoms with Gasteiger partial charge in [-0.2, -0.15) is 0 Å². The van der Waals surface area contributed by atoms with E-state index in [-0.39, 0.29) is 11.3 Å². The third kappa shape index (κ3) is 5.98. The molecule has 0 bridgehead atoms. The molecule has 5 nitrogen and oxygen atoms in total. The van der Waals surface area contributed by atoms with E-state index in [0.717, 1.165) is 60.1 Å². The quantitative estimate of drug-likeness (QED) is 0.512. The molecule has 28 heavy (non-hydrogen) atoms. The molecule has 0 spiro atoms. The van der Waals surface area contributed by atoms with Gasteiger partial charge in [0, 0.05) is 31.0 Å². The van der Waals surface area contributed by atoms with Crippen LogP contribution in [-0.2, 0) is 17.6 Å². The highest BCUT2D eigenvalue weighted by Gasteiger charge is 2.20. The van der Waals surface area contributed by atoms with Gasteiger partial charge in [-0.1, -0.05) is 46.2 Å². The predicted molar refractivity (Wildman–Crippen MR) is 114 cm³/mol. The number of carbonyl (C=O) groups excluding carboxylic acids is 1. The summed E-state index contributed by atoms with van der Waals surface area (Å²) in [6, 6.07) is 4.11. The molecular weight excluding hydrogens is 352 g/mol. The van der Waals surface area contributed by atoms with Crippen LogP contribution in [0.5, 0.6) is 5.75 Å². The number of benzene rings is 1. The average molecular weight is 389 g/mol. The second kappa shape index (κ2) is 9.94. The van der Waals surface area contributed by atoms with E-state index < -0.39 is 0 Å². The summed E-state index contributed by atoms with van der Waals surface area (Å²) < 4.78 is 11.8. The van der Waals surface area contributed by atoms with Crippen LogP contribution in [0.1, 0.15) is 71.6 Å². The number of fused-ring (bicyclic) bond motifs is 1. The Morgan fingerprint density at radius 3 is 2.61 bits per heavy atom. The SMILES string of the molecule is CCCC(=O)N(C)CCCOc1ccc2c(CC(C)(C)C)noc2c1CCC. The van der Waals surface area contributed by atoms with Gasteiger partial charge < -0.3 is 14.2 Å². The van der Waals surface area contributed by atoms with Crippen LogP contribution in [0.4, 0.5) is 0 Å². The Bertz CT molecular complexity index is 774. The number of hydrogen-bond donors (Lipinski definition) is 0. The second-order valence-corrected chi connectivity index (χ2v) is 8.80. The van der Waals surface area contributed by atoms with Gasteiger partial charge in [-0.05, 0) is 43.2 Å². The van der Waals surface area contributed by atoms with Crippen molar-refractivity contribution in [3.8, 4) is 5.75 Å². The number of rotatable bonds is 10. The van der Waals surface area contributed by atoms with Gasteiger partial charge in [0.1, 0.15) is 5.75 Å². The first-order chi connectivity index (χ1) is 13.3. The molecule has 2 aromatic rings. The summed E-state index contributed by atoms with van der Waals surface area (Å²) in [6.45, 7) is 12.1. The molecule has 0 unspecified atom stereocenters. The van der Waals surface area contributed by atoms with E-state index in [9.17, 15) is 4.79 Å². The van der Waals surface area contributed by atoms with Gasteiger partial charge in [-0.3, -0.25) is 4.79 Å². The van der Waals surface area contributed by atoms with Crippen LogP contribution in [0.2, 0.25) is 0 Å². The highest BCUT2D eigenvalue weighted by molar-refractivity contribution is 5.84. The van der Waals surface area contributed by atoms with Crippen molar-refractivity contribution in [3.05, 3.63) is 23.4 Å². The van der Waals surface area contributed by atoms with Gasteiger partial charge in [-0.25, -0.2) is 0 Å². The van der Waals surface area contributed by atoms with Gasteiger partial charge >= 0.3 is 0 Å². The Hall–Kier alpha value is -2.04. The number of carbonyl (C=O) groups is 1. The van der Waals surface area contributed by atoms with Crippen molar-refractivity contribution in [3.63, 3.8) is 0 Å². The Morgan fingerprint density at radius 2 is 1.96 bits per heavy atom. The molecule has 0 aliphatic carbocycles. The zero-order valence-electron chi connectivity index (χ0n) is 18.4. The van der Waals surface area contributed by atoms with E-state index in [1.165, 1.54) is 0 Å². The largest absolute Gasteiger partial charge is 0.493 e. The van der Waals surface area contributed by atoms with E-state index in [1.54, 1.807) is 4.90 Å². The fraction of sp³-hybridized carbons (Fsp3) is 0.652. The van der Waals surface area contributed by atoms with Crippen LogP contribution in [0, 0.1) is 5.41 Å². The molecular formula is C23H36N2O3. The molecule has 5 heteroatoms. The lowest BCUT2D eigenvalue weighted by Crippen LogP contribution is -2.28. The lowest BCUT2D eigenvalue weighted by Gasteiger charge is -2.17. The van der Waals surface area contributed by atoms with E-state index in [2.05, 4.69) is 38.9 Å². The first-order valence-electron chi connectivity index (χ1n) is 10.5. The number of aryl methyl sites for hydroxylation is 1. The maximum atomic E-state index is 11.9. The van der Waals surface area contributed by atoms with Crippen LogP contribution in [0.3, 0.4) is 0 Å². The molecule has 156 valence electrons. The van der Waals surface area contributed by atoms with Crippen LogP contribution in [-0.4, -0.2) is 36.2 Å². The minimum Gasteiger partial charge on any atom is -0.493 e. The molecule has 0 saturated heterocycles. The lowest BCUT2D eigenvalue weighted by atomic mass is 9.89. The van der Waals surface area contributed by atoms with Crippen molar-refractivity contribution in [1.82, 2.24) is 10.1 Å². The second-order valence-electron chi connectivity index (χ2n) is 8.80. The summed E-state index contributed by atoms with van der Waals surface area (Å²) in [6.07, 6.45) is 5.08. The van der Waals surface area contributed by atoms with Gasteiger partial charge in [0.15, 0.2) is 5.58 Å². The summed E-state index contributed by atoms with van der Waals surface area (Å²) in [5, 5.41) is 5.44. The minimum absolute atomic E-state index is 0.158. The smallest absolute Gasteiger partial charge is 0.222 e. The standard InChI is InChI=1S/C23H36N2O3/c1-7-10-18-20(27-15-9-14-25(6)21(26)11-8-2)13-12-17-19(16-23(3,4)5)24-28-22(17)18/h12-13H,7-11,14-16H2,1-6H3. The van der Waals surface area contributed by atoms with Crippen molar-refractivity contribution in [1.29, 1.82) is 0 Å². The molecule has 0 N–H and O–H groups in total. The molecule has 0 radical (unpaired) electrons. The van der Waals surface area contributed by atoms with E-state index in [0.29, 0.717) is 19.6 Å². The van der Waals surface area contributed by atoms with Crippen molar-refractivity contribution in [2.75, 3.05) is 20.2 Å². The number of nitrogens with zero attached hydrogens (tertiary/aromatic N) is 2. The molecule has 1 aromatic carbocycles. The topological polar surface area (TPSA) is 55.6 Å². The summed E-state index contributed by atoms with van der Waals surface area (Å²) >= 11 is 0. The molecule has 1 aromatic heterocycles. The molecule has 0 saturated carbocycles.